The molecule has 0 aromatic rings. The Kier molecular flexibility index (Phi) is 2.45. The van der Waals surface area contributed by atoms with Gasteiger partial charge in [0.25, 0.3) is 0 Å². The number of hydrogen-bond acceptors (Lipinski definition) is 4. The van der Waals surface area contributed by atoms with E-state index in [9.17, 15) is 9.59 Å². The molecule has 5 heteroatoms. The lowest BCUT2D eigenvalue weighted by molar-refractivity contribution is -0.209. The van der Waals surface area contributed by atoms with Gasteiger partial charge in [0.05, 0.1) is 12.0 Å². The third kappa shape index (κ3) is 1.15. The number of nitrogens with one attached hydrogen (secondary N) is 1. The molecule has 1 amide bonds. The van der Waals surface area contributed by atoms with Crippen molar-refractivity contribution >= 4 is 11.9 Å². The van der Waals surface area contributed by atoms with Crippen LogP contribution in [0, 0.1) is 11.8 Å². The molecular formula is C11H17NO4. The Morgan fingerprint density at radius 2 is 2.06 bits per heavy atom. The number of rotatable bonds is 3. The van der Waals surface area contributed by atoms with Crippen LogP contribution in [0.3, 0.4) is 0 Å². The molecule has 90 valence electrons. The maximum atomic E-state index is 11.7. The van der Waals surface area contributed by atoms with E-state index in [1.807, 2.05) is 13.8 Å². The molecule has 0 saturated carbocycles. The summed E-state index contributed by atoms with van der Waals surface area (Å²) in [6.45, 7) is 5.68. The molecule has 16 heavy (non-hydrogen) atoms. The fourth-order valence-corrected chi connectivity index (χ4v) is 2.77. The zero-order valence-corrected chi connectivity index (χ0v) is 9.94. The van der Waals surface area contributed by atoms with Crippen molar-refractivity contribution in [3.63, 3.8) is 0 Å². The number of carbonyl (C=O) groups is 2. The third-order valence-electron chi connectivity index (χ3n) is 3.53. The highest BCUT2D eigenvalue weighted by Crippen LogP contribution is 2.43. The molecule has 0 aromatic heterocycles. The van der Waals surface area contributed by atoms with E-state index in [0.717, 1.165) is 0 Å². The average Bonchev–Trinajstić information content (AvgIpc) is 2.41. The second-order valence-electron chi connectivity index (χ2n) is 4.87. The van der Waals surface area contributed by atoms with Crippen LogP contribution in [-0.2, 0) is 19.1 Å². The van der Waals surface area contributed by atoms with Crippen molar-refractivity contribution in [1.82, 2.24) is 5.32 Å². The van der Waals surface area contributed by atoms with Crippen molar-refractivity contribution in [2.24, 2.45) is 11.8 Å². The van der Waals surface area contributed by atoms with Gasteiger partial charge in [-0.05, 0) is 12.8 Å². The Labute approximate surface area is 94.5 Å². The van der Waals surface area contributed by atoms with Gasteiger partial charge in [0, 0.05) is 7.11 Å². The van der Waals surface area contributed by atoms with Gasteiger partial charge < -0.3 is 14.8 Å². The molecule has 2 saturated heterocycles. The minimum absolute atomic E-state index is 0.131. The van der Waals surface area contributed by atoms with Crippen LogP contribution in [0.25, 0.3) is 0 Å². The van der Waals surface area contributed by atoms with Gasteiger partial charge in [-0.15, -0.1) is 0 Å². The van der Waals surface area contributed by atoms with Gasteiger partial charge in [-0.25, -0.2) is 4.79 Å². The summed E-state index contributed by atoms with van der Waals surface area (Å²) < 4.78 is 10.5. The van der Waals surface area contributed by atoms with Gasteiger partial charge in [0.1, 0.15) is 6.10 Å². The van der Waals surface area contributed by atoms with Crippen molar-refractivity contribution in [3.05, 3.63) is 0 Å². The van der Waals surface area contributed by atoms with Gasteiger partial charge >= 0.3 is 5.97 Å². The van der Waals surface area contributed by atoms with Gasteiger partial charge in [-0.1, -0.05) is 13.8 Å². The molecule has 1 N–H and O–H groups in total. The van der Waals surface area contributed by atoms with Crippen LogP contribution in [-0.4, -0.2) is 36.7 Å². The molecule has 2 heterocycles. The summed E-state index contributed by atoms with van der Waals surface area (Å²) in [4.78, 5) is 23.3. The largest absolute Gasteiger partial charge is 0.456 e. The van der Waals surface area contributed by atoms with Gasteiger partial charge in [0.15, 0.2) is 0 Å². The molecule has 2 aliphatic rings. The number of esters is 1. The van der Waals surface area contributed by atoms with Crippen molar-refractivity contribution in [2.45, 2.75) is 38.5 Å². The number of fused-ring (bicyclic) bond motifs is 1. The smallest absolute Gasteiger partial charge is 0.339 e. The van der Waals surface area contributed by atoms with Crippen LogP contribution in [0.15, 0.2) is 0 Å². The normalized spacial score (nSPS) is 38.8. The summed E-state index contributed by atoms with van der Waals surface area (Å²) >= 11 is 0. The van der Waals surface area contributed by atoms with Crippen LogP contribution in [0.5, 0.6) is 0 Å². The predicted octanol–water partition coefficient (Wildman–Crippen LogP) is 0.0875. The van der Waals surface area contributed by atoms with E-state index in [1.54, 1.807) is 14.0 Å². The summed E-state index contributed by atoms with van der Waals surface area (Å²) in [5.74, 6) is -0.686. The molecule has 1 unspecified atom stereocenters. The van der Waals surface area contributed by atoms with E-state index in [2.05, 4.69) is 5.32 Å². The second-order valence-corrected chi connectivity index (χ2v) is 4.87. The number of carbonyl (C=O) groups excluding carboxylic acids is 2. The fourth-order valence-electron chi connectivity index (χ4n) is 2.77. The molecular weight excluding hydrogens is 210 g/mol. The predicted molar refractivity (Wildman–Crippen MR) is 55.6 cm³/mol. The molecule has 0 radical (unpaired) electrons. The number of ether oxygens (including phenoxy) is 2. The third-order valence-corrected chi connectivity index (χ3v) is 3.53. The van der Waals surface area contributed by atoms with E-state index in [1.165, 1.54) is 0 Å². The molecule has 5 nitrogen and oxygen atoms in total. The SMILES string of the molecule is CO[C@@H](C(C)C)C12NC(=O)[C@H](C)[C@@H]1OC2=O. The first-order valence-electron chi connectivity index (χ1n) is 5.51. The van der Waals surface area contributed by atoms with E-state index in [-0.39, 0.29) is 35.9 Å². The van der Waals surface area contributed by atoms with Crippen molar-refractivity contribution < 1.29 is 19.1 Å². The first-order valence-corrected chi connectivity index (χ1v) is 5.51. The first-order chi connectivity index (χ1) is 7.45. The molecule has 0 spiro atoms. The maximum Gasteiger partial charge on any atom is 0.339 e. The summed E-state index contributed by atoms with van der Waals surface area (Å²) in [6.07, 6.45) is -0.729. The zero-order chi connectivity index (χ0) is 12.1. The lowest BCUT2D eigenvalue weighted by Gasteiger charge is -2.47. The zero-order valence-electron chi connectivity index (χ0n) is 9.94. The highest BCUT2D eigenvalue weighted by molar-refractivity contribution is 5.99. The molecule has 2 aliphatic heterocycles. The Morgan fingerprint density at radius 1 is 1.44 bits per heavy atom. The second kappa shape index (κ2) is 3.45. The van der Waals surface area contributed by atoms with Crippen LogP contribution in [0.1, 0.15) is 20.8 Å². The Hall–Kier alpha value is -1.10. The van der Waals surface area contributed by atoms with E-state index in [0.29, 0.717) is 0 Å². The first kappa shape index (κ1) is 11.4. The van der Waals surface area contributed by atoms with E-state index >= 15 is 0 Å². The molecule has 2 fully saturated rings. The van der Waals surface area contributed by atoms with Crippen molar-refractivity contribution in [3.8, 4) is 0 Å². The highest BCUT2D eigenvalue weighted by Gasteiger charge is 2.71. The van der Waals surface area contributed by atoms with Gasteiger partial charge in [-0.2, -0.15) is 0 Å². The van der Waals surface area contributed by atoms with Crippen LogP contribution in [0.2, 0.25) is 0 Å². The topological polar surface area (TPSA) is 64.6 Å². The van der Waals surface area contributed by atoms with E-state index < -0.39 is 5.54 Å². The Morgan fingerprint density at radius 3 is 2.44 bits per heavy atom. The summed E-state index contributed by atoms with van der Waals surface area (Å²) in [5.41, 5.74) is -0.959. The summed E-state index contributed by atoms with van der Waals surface area (Å²) in [5, 5.41) is 2.76. The lowest BCUT2D eigenvalue weighted by Crippen LogP contribution is -2.74. The van der Waals surface area contributed by atoms with Crippen LogP contribution < -0.4 is 5.32 Å². The Balaban J connectivity index is 2.35. The highest BCUT2D eigenvalue weighted by atomic mass is 16.6. The van der Waals surface area contributed by atoms with Gasteiger partial charge in [0.2, 0.25) is 11.4 Å². The quantitative estimate of drug-likeness (QED) is 0.694. The maximum absolute atomic E-state index is 11.7. The average molecular weight is 227 g/mol. The molecule has 0 aliphatic carbocycles. The number of amides is 1. The molecule has 0 aromatic carbocycles. The molecule has 0 bridgehead atoms. The molecule has 2 rings (SSSR count). The lowest BCUT2D eigenvalue weighted by atomic mass is 9.76. The fraction of sp³-hybridized carbons (Fsp3) is 0.818. The minimum Gasteiger partial charge on any atom is -0.456 e. The van der Waals surface area contributed by atoms with E-state index in [4.69, 9.17) is 9.47 Å². The van der Waals surface area contributed by atoms with Crippen LogP contribution in [0.4, 0.5) is 0 Å². The van der Waals surface area contributed by atoms with Gasteiger partial charge in [-0.3, -0.25) is 4.79 Å². The van der Waals surface area contributed by atoms with Crippen LogP contribution >= 0.6 is 0 Å². The van der Waals surface area contributed by atoms with Crippen molar-refractivity contribution in [1.29, 1.82) is 0 Å². The monoisotopic (exact) mass is 227 g/mol. The number of methoxy groups -OCH3 is 1. The minimum atomic E-state index is -0.959. The Bertz CT molecular complexity index is 341. The van der Waals surface area contributed by atoms with Crippen molar-refractivity contribution in [2.75, 3.05) is 7.11 Å². The number of hydrogen-bond donors (Lipinski definition) is 1. The standard InChI is InChI=1S/C11H17NO4/c1-5(2)7(15-4)11-8(16-10(11)14)6(3)9(13)12-11/h5-8H,1-4H3,(H,12,13)/t6-,7+,8+,11?/m1/s1. The molecule has 4 atom stereocenters. The summed E-state index contributed by atoms with van der Waals surface area (Å²) in [6, 6.07) is 0. The summed E-state index contributed by atoms with van der Waals surface area (Å²) in [7, 11) is 1.55.